The maximum atomic E-state index is 12.3. The smallest absolute Gasteiger partial charge is 0.268 e. The number of aromatic nitrogens is 4. The van der Waals surface area contributed by atoms with Crippen molar-refractivity contribution in [1.82, 2.24) is 19.6 Å². The average molecular weight is 298 g/mol. The van der Waals surface area contributed by atoms with E-state index in [2.05, 4.69) is 14.9 Å². The van der Waals surface area contributed by atoms with Crippen LogP contribution in [-0.2, 0) is 23.6 Å². The van der Waals surface area contributed by atoms with Crippen molar-refractivity contribution in [3.63, 3.8) is 0 Å². The van der Waals surface area contributed by atoms with E-state index < -0.39 is 10.0 Å². The third-order valence-electron chi connectivity index (χ3n) is 2.74. The van der Waals surface area contributed by atoms with Gasteiger partial charge in [-0.15, -0.1) is 0 Å². The molecule has 0 atom stereocenters. The first-order valence-corrected chi connectivity index (χ1v) is 7.68. The molecule has 0 aliphatic carbocycles. The molecule has 0 radical (unpaired) electrons. The van der Waals surface area contributed by atoms with Gasteiger partial charge in [-0.05, 0) is 13.3 Å². The zero-order valence-electron chi connectivity index (χ0n) is 11.7. The fourth-order valence-corrected chi connectivity index (χ4v) is 3.02. The summed E-state index contributed by atoms with van der Waals surface area (Å²) in [7, 11) is -2.11. The maximum absolute atomic E-state index is 12.3. The zero-order valence-corrected chi connectivity index (χ0v) is 12.5. The van der Waals surface area contributed by atoms with Gasteiger partial charge in [-0.1, -0.05) is 6.92 Å². The minimum absolute atomic E-state index is 0.00941. The number of hydrogen-bond acceptors (Lipinski definition) is 5. The van der Waals surface area contributed by atoms with Crippen LogP contribution in [0.15, 0.2) is 17.2 Å². The lowest BCUT2D eigenvalue weighted by Crippen LogP contribution is -2.16. The van der Waals surface area contributed by atoms with E-state index in [1.54, 1.807) is 20.0 Å². The van der Waals surface area contributed by atoms with E-state index in [0.717, 1.165) is 12.1 Å². The van der Waals surface area contributed by atoms with Crippen LogP contribution in [0.4, 0.5) is 11.6 Å². The molecule has 0 bridgehead atoms. The molecule has 0 saturated heterocycles. The van der Waals surface area contributed by atoms with Crippen LogP contribution in [0.2, 0.25) is 0 Å². The lowest BCUT2D eigenvalue weighted by molar-refractivity contribution is 0.594. The monoisotopic (exact) mass is 298 g/mol. The Morgan fingerprint density at radius 3 is 2.65 bits per heavy atom. The molecule has 110 valence electrons. The zero-order chi connectivity index (χ0) is 14.9. The second kappa shape index (κ2) is 5.16. The molecule has 0 saturated carbocycles. The summed E-state index contributed by atoms with van der Waals surface area (Å²) in [6.07, 6.45) is 2.28. The number of aryl methyl sites for hydroxylation is 3. The molecule has 20 heavy (non-hydrogen) atoms. The van der Waals surface area contributed by atoms with Crippen LogP contribution in [-0.4, -0.2) is 28.0 Å². The SMILES string of the molecule is CCCn1cc(S(=O)(=O)Nc2cc(C)nn2C)c(N)n1. The van der Waals surface area contributed by atoms with Crippen molar-refractivity contribution < 1.29 is 8.42 Å². The molecular weight excluding hydrogens is 280 g/mol. The van der Waals surface area contributed by atoms with Gasteiger partial charge in [-0.2, -0.15) is 10.2 Å². The maximum Gasteiger partial charge on any atom is 0.268 e. The number of nitrogens with one attached hydrogen (secondary N) is 1. The van der Waals surface area contributed by atoms with Crippen molar-refractivity contribution in [2.45, 2.75) is 31.7 Å². The first-order chi connectivity index (χ1) is 9.33. The van der Waals surface area contributed by atoms with Crippen molar-refractivity contribution in [1.29, 1.82) is 0 Å². The summed E-state index contributed by atoms with van der Waals surface area (Å²) in [4.78, 5) is -0.0233. The van der Waals surface area contributed by atoms with Gasteiger partial charge in [0.25, 0.3) is 10.0 Å². The summed E-state index contributed by atoms with van der Waals surface area (Å²) in [5.74, 6) is 0.370. The molecule has 0 spiro atoms. The molecule has 9 heteroatoms. The highest BCUT2D eigenvalue weighted by molar-refractivity contribution is 7.92. The Labute approximate surface area is 117 Å². The third-order valence-corrected chi connectivity index (χ3v) is 4.11. The fraction of sp³-hybridized carbons (Fsp3) is 0.455. The molecule has 0 aliphatic rings. The second-order valence-corrected chi connectivity index (χ2v) is 6.19. The fourth-order valence-electron chi connectivity index (χ4n) is 1.87. The van der Waals surface area contributed by atoms with Gasteiger partial charge in [-0.25, -0.2) is 8.42 Å². The van der Waals surface area contributed by atoms with Gasteiger partial charge in [0.2, 0.25) is 0 Å². The van der Waals surface area contributed by atoms with E-state index in [1.165, 1.54) is 15.6 Å². The standard InChI is InChI=1S/C11H18N6O2S/c1-4-5-17-7-9(11(12)14-17)20(18,19)15-10-6-8(2)13-16(10)3/h6-7,15H,4-5H2,1-3H3,(H2,12,14). The number of sulfonamides is 1. The average Bonchev–Trinajstić information content (AvgIpc) is 2.83. The molecular formula is C11H18N6O2S. The van der Waals surface area contributed by atoms with Gasteiger partial charge < -0.3 is 5.73 Å². The second-order valence-electron chi connectivity index (χ2n) is 4.54. The molecule has 0 unspecified atom stereocenters. The highest BCUT2D eigenvalue weighted by Crippen LogP contribution is 2.20. The first kappa shape index (κ1) is 14.4. The van der Waals surface area contributed by atoms with Crippen LogP contribution in [0.3, 0.4) is 0 Å². The van der Waals surface area contributed by atoms with E-state index in [4.69, 9.17) is 5.73 Å². The normalized spacial score (nSPS) is 11.8. The lowest BCUT2D eigenvalue weighted by atomic mass is 10.5. The minimum atomic E-state index is -3.77. The molecule has 8 nitrogen and oxygen atoms in total. The summed E-state index contributed by atoms with van der Waals surface area (Å²) in [6.45, 7) is 4.37. The summed E-state index contributed by atoms with van der Waals surface area (Å²) in [5.41, 5.74) is 6.40. The molecule has 2 heterocycles. The molecule has 2 aromatic heterocycles. The van der Waals surface area contributed by atoms with Gasteiger partial charge in [0, 0.05) is 25.9 Å². The van der Waals surface area contributed by atoms with Gasteiger partial charge >= 0.3 is 0 Å². The quantitative estimate of drug-likeness (QED) is 0.845. The molecule has 0 aromatic carbocycles. The summed E-state index contributed by atoms with van der Waals surface area (Å²) in [5, 5.41) is 8.07. The van der Waals surface area contributed by atoms with Crippen molar-refractivity contribution in [2.24, 2.45) is 7.05 Å². The minimum Gasteiger partial charge on any atom is -0.381 e. The van der Waals surface area contributed by atoms with Gasteiger partial charge in [0.15, 0.2) is 5.82 Å². The van der Waals surface area contributed by atoms with Crippen molar-refractivity contribution >= 4 is 21.7 Å². The number of rotatable bonds is 5. The van der Waals surface area contributed by atoms with Crippen molar-refractivity contribution in [3.8, 4) is 0 Å². The van der Waals surface area contributed by atoms with Crippen LogP contribution in [0.25, 0.3) is 0 Å². The van der Waals surface area contributed by atoms with E-state index in [9.17, 15) is 8.42 Å². The first-order valence-electron chi connectivity index (χ1n) is 6.20. The Balaban J connectivity index is 2.33. The largest absolute Gasteiger partial charge is 0.381 e. The predicted octanol–water partition coefficient (Wildman–Crippen LogP) is 0.718. The number of nitrogen functional groups attached to an aromatic ring is 1. The highest BCUT2D eigenvalue weighted by Gasteiger charge is 2.22. The Morgan fingerprint density at radius 2 is 2.10 bits per heavy atom. The van der Waals surface area contributed by atoms with Gasteiger partial charge in [-0.3, -0.25) is 14.1 Å². The number of hydrogen-bond donors (Lipinski definition) is 2. The lowest BCUT2D eigenvalue weighted by Gasteiger charge is -2.06. The summed E-state index contributed by atoms with van der Waals surface area (Å²) >= 11 is 0. The van der Waals surface area contributed by atoms with Gasteiger partial charge in [0.1, 0.15) is 10.7 Å². The molecule has 0 amide bonds. The van der Waals surface area contributed by atoms with Crippen molar-refractivity contribution in [3.05, 3.63) is 18.0 Å². The molecule has 0 fully saturated rings. The van der Waals surface area contributed by atoms with Crippen LogP contribution in [0.5, 0.6) is 0 Å². The van der Waals surface area contributed by atoms with Gasteiger partial charge in [0.05, 0.1) is 5.69 Å². The molecule has 3 N–H and O–H groups in total. The van der Waals surface area contributed by atoms with E-state index >= 15 is 0 Å². The van der Waals surface area contributed by atoms with Crippen LogP contribution < -0.4 is 10.5 Å². The molecule has 0 aliphatic heterocycles. The Kier molecular flexibility index (Phi) is 3.71. The molecule has 2 rings (SSSR count). The number of nitrogens with zero attached hydrogens (tertiary/aromatic N) is 4. The van der Waals surface area contributed by atoms with Crippen LogP contribution in [0.1, 0.15) is 19.0 Å². The van der Waals surface area contributed by atoms with Crippen molar-refractivity contribution in [2.75, 3.05) is 10.5 Å². The topological polar surface area (TPSA) is 108 Å². The van der Waals surface area contributed by atoms with E-state index in [0.29, 0.717) is 12.4 Å². The molecule has 2 aromatic rings. The highest BCUT2D eigenvalue weighted by atomic mass is 32.2. The van der Waals surface area contributed by atoms with Crippen LogP contribution >= 0.6 is 0 Å². The Bertz CT molecular complexity index is 715. The number of anilines is 2. The summed E-state index contributed by atoms with van der Waals surface area (Å²) < 4.78 is 30.1. The van der Waals surface area contributed by atoms with E-state index in [-0.39, 0.29) is 10.7 Å². The third kappa shape index (κ3) is 2.77. The number of nitrogens with two attached hydrogens (primary N) is 1. The van der Waals surface area contributed by atoms with E-state index in [1.807, 2.05) is 6.92 Å². The predicted molar refractivity (Wildman–Crippen MR) is 75.7 cm³/mol. The summed E-state index contributed by atoms with van der Waals surface area (Å²) in [6, 6.07) is 1.64. The van der Waals surface area contributed by atoms with Crippen LogP contribution in [0, 0.1) is 6.92 Å². The Morgan fingerprint density at radius 1 is 1.40 bits per heavy atom. The Hall–Kier alpha value is -2.03.